The molecule has 1 aromatic rings. The lowest BCUT2D eigenvalue weighted by Gasteiger charge is -2.22. The maximum absolute atomic E-state index is 11.6. The van der Waals surface area contributed by atoms with Crippen molar-refractivity contribution in [2.24, 2.45) is 0 Å². The van der Waals surface area contributed by atoms with Crippen LogP contribution < -0.4 is 15.4 Å². The van der Waals surface area contributed by atoms with E-state index in [0.29, 0.717) is 19.4 Å². The van der Waals surface area contributed by atoms with Crippen molar-refractivity contribution >= 4 is 27.7 Å². The molecule has 102 valence electrons. The van der Waals surface area contributed by atoms with E-state index in [1.54, 1.807) is 7.11 Å². The van der Waals surface area contributed by atoms with Crippen molar-refractivity contribution in [3.8, 4) is 5.75 Å². The second-order valence-electron chi connectivity index (χ2n) is 4.34. The minimum atomic E-state index is -0.323. The summed E-state index contributed by atoms with van der Waals surface area (Å²) in [7, 11) is 1.61. The molecule has 1 aromatic carbocycles. The van der Waals surface area contributed by atoms with Gasteiger partial charge in [-0.2, -0.15) is 0 Å². The number of hydrogen-bond donors (Lipinski definition) is 2. The molecule has 5 nitrogen and oxygen atoms in total. The van der Waals surface area contributed by atoms with E-state index in [1.807, 2.05) is 18.2 Å². The first kappa shape index (κ1) is 14.0. The summed E-state index contributed by atoms with van der Waals surface area (Å²) in [5, 5.41) is 5.48. The van der Waals surface area contributed by atoms with Crippen LogP contribution in [0.2, 0.25) is 0 Å². The van der Waals surface area contributed by atoms with Gasteiger partial charge in [-0.3, -0.25) is 14.9 Å². The first-order valence-corrected chi connectivity index (χ1v) is 6.79. The smallest absolute Gasteiger partial charge is 0.243 e. The van der Waals surface area contributed by atoms with Crippen LogP contribution in [0.25, 0.3) is 0 Å². The van der Waals surface area contributed by atoms with E-state index in [-0.39, 0.29) is 17.9 Å². The van der Waals surface area contributed by atoms with Crippen molar-refractivity contribution in [3.05, 3.63) is 28.2 Å². The minimum Gasteiger partial charge on any atom is -0.497 e. The van der Waals surface area contributed by atoms with Gasteiger partial charge in [-0.1, -0.05) is 15.9 Å². The number of halogens is 1. The molecule has 6 heteroatoms. The third kappa shape index (κ3) is 3.54. The van der Waals surface area contributed by atoms with Gasteiger partial charge in [0.25, 0.3) is 0 Å². The van der Waals surface area contributed by atoms with Crippen LogP contribution in [0.5, 0.6) is 5.75 Å². The average Bonchev–Trinajstić information content (AvgIpc) is 2.39. The second kappa shape index (κ2) is 6.16. The third-order valence-corrected chi connectivity index (χ3v) is 3.80. The fourth-order valence-corrected chi connectivity index (χ4v) is 2.32. The van der Waals surface area contributed by atoms with Crippen LogP contribution in [-0.2, 0) is 16.1 Å². The van der Waals surface area contributed by atoms with E-state index in [9.17, 15) is 9.59 Å². The van der Waals surface area contributed by atoms with Gasteiger partial charge in [0.05, 0.1) is 13.2 Å². The second-order valence-corrected chi connectivity index (χ2v) is 5.20. The molecule has 19 heavy (non-hydrogen) atoms. The lowest BCUT2D eigenvalue weighted by atomic mass is 10.1. The normalized spacial score (nSPS) is 19.2. The predicted molar refractivity (Wildman–Crippen MR) is 73.7 cm³/mol. The number of ether oxygens (including phenoxy) is 1. The molecule has 2 rings (SSSR count). The molecule has 1 fully saturated rings. The SMILES string of the molecule is COc1ccc(Br)c(CNC2CCC(=O)NC2=O)c1. The van der Waals surface area contributed by atoms with Crippen LogP contribution in [0.3, 0.4) is 0 Å². The van der Waals surface area contributed by atoms with Gasteiger partial charge in [0, 0.05) is 17.4 Å². The van der Waals surface area contributed by atoms with E-state index < -0.39 is 0 Å². The molecule has 1 heterocycles. The molecule has 1 aliphatic rings. The molecule has 1 unspecified atom stereocenters. The Kier molecular flexibility index (Phi) is 4.55. The van der Waals surface area contributed by atoms with Crippen LogP contribution >= 0.6 is 15.9 Å². The number of methoxy groups -OCH3 is 1. The zero-order valence-electron chi connectivity index (χ0n) is 10.5. The maximum atomic E-state index is 11.6. The molecule has 0 aromatic heterocycles. The zero-order valence-corrected chi connectivity index (χ0v) is 12.1. The largest absolute Gasteiger partial charge is 0.497 e. The molecule has 0 saturated carbocycles. The van der Waals surface area contributed by atoms with Crippen molar-refractivity contribution in [3.63, 3.8) is 0 Å². The molecule has 0 aliphatic carbocycles. The van der Waals surface area contributed by atoms with E-state index in [2.05, 4.69) is 26.6 Å². The van der Waals surface area contributed by atoms with Crippen LogP contribution in [0, 0.1) is 0 Å². The summed E-state index contributed by atoms with van der Waals surface area (Å²) in [6.45, 7) is 0.532. The van der Waals surface area contributed by atoms with Crippen LogP contribution in [0.4, 0.5) is 0 Å². The van der Waals surface area contributed by atoms with Crippen molar-refractivity contribution in [2.45, 2.75) is 25.4 Å². The highest BCUT2D eigenvalue weighted by Gasteiger charge is 2.25. The Morgan fingerprint density at radius 1 is 1.47 bits per heavy atom. The number of carbonyl (C=O) groups is 2. The van der Waals surface area contributed by atoms with Crippen molar-refractivity contribution in [1.82, 2.24) is 10.6 Å². The van der Waals surface area contributed by atoms with E-state index in [0.717, 1.165) is 15.8 Å². The Hall–Kier alpha value is -1.40. The molecule has 0 radical (unpaired) electrons. The number of hydrogen-bond acceptors (Lipinski definition) is 4. The molecule has 0 bridgehead atoms. The van der Waals surface area contributed by atoms with Gasteiger partial charge in [0.2, 0.25) is 11.8 Å². The fraction of sp³-hybridized carbons (Fsp3) is 0.385. The van der Waals surface area contributed by atoms with Crippen molar-refractivity contribution in [2.75, 3.05) is 7.11 Å². The summed E-state index contributed by atoms with van der Waals surface area (Å²) in [6, 6.07) is 5.35. The Morgan fingerprint density at radius 2 is 2.26 bits per heavy atom. The molecule has 2 amide bonds. The Bertz CT molecular complexity index is 505. The topological polar surface area (TPSA) is 67.4 Å². The highest BCUT2D eigenvalue weighted by atomic mass is 79.9. The molecule has 2 N–H and O–H groups in total. The van der Waals surface area contributed by atoms with Crippen molar-refractivity contribution in [1.29, 1.82) is 0 Å². The number of amides is 2. The number of piperidine rings is 1. The monoisotopic (exact) mass is 326 g/mol. The summed E-state index contributed by atoms with van der Waals surface area (Å²) in [5.74, 6) is 0.309. The van der Waals surface area contributed by atoms with Gasteiger partial charge in [0.15, 0.2) is 0 Å². The van der Waals surface area contributed by atoms with Gasteiger partial charge in [0.1, 0.15) is 5.75 Å². The Morgan fingerprint density at radius 3 is 2.95 bits per heavy atom. The van der Waals surface area contributed by atoms with Gasteiger partial charge >= 0.3 is 0 Å². The number of imide groups is 1. The standard InChI is InChI=1S/C13H15BrN2O3/c1-19-9-2-3-10(14)8(6-9)7-15-11-4-5-12(17)16-13(11)18/h2-3,6,11,15H,4-5,7H2,1H3,(H,16,17,18). The van der Waals surface area contributed by atoms with Crippen molar-refractivity contribution < 1.29 is 14.3 Å². The van der Waals surface area contributed by atoms with Gasteiger partial charge in [-0.15, -0.1) is 0 Å². The summed E-state index contributed by atoms with van der Waals surface area (Å²) >= 11 is 3.46. The highest BCUT2D eigenvalue weighted by molar-refractivity contribution is 9.10. The van der Waals surface area contributed by atoms with Gasteiger partial charge in [-0.25, -0.2) is 0 Å². The lowest BCUT2D eigenvalue weighted by molar-refractivity contribution is -0.134. The molecular formula is C13H15BrN2O3. The maximum Gasteiger partial charge on any atom is 0.243 e. The highest BCUT2D eigenvalue weighted by Crippen LogP contribution is 2.22. The molecular weight excluding hydrogens is 312 g/mol. The third-order valence-electron chi connectivity index (χ3n) is 3.03. The zero-order chi connectivity index (χ0) is 13.8. The fourth-order valence-electron chi connectivity index (χ4n) is 1.94. The Balaban J connectivity index is 1.98. The summed E-state index contributed by atoms with van der Waals surface area (Å²) < 4.78 is 6.12. The number of nitrogens with one attached hydrogen (secondary N) is 2. The van der Waals surface area contributed by atoms with Crippen LogP contribution in [0.1, 0.15) is 18.4 Å². The first-order chi connectivity index (χ1) is 9.10. The number of benzene rings is 1. The number of rotatable bonds is 4. The van der Waals surface area contributed by atoms with Crippen LogP contribution in [-0.4, -0.2) is 25.0 Å². The molecule has 1 aliphatic heterocycles. The van der Waals surface area contributed by atoms with Gasteiger partial charge in [-0.05, 0) is 30.2 Å². The van der Waals surface area contributed by atoms with E-state index in [4.69, 9.17) is 4.74 Å². The quantitative estimate of drug-likeness (QED) is 0.820. The van der Waals surface area contributed by atoms with Gasteiger partial charge < -0.3 is 10.1 Å². The van der Waals surface area contributed by atoms with E-state index in [1.165, 1.54) is 0 Å². The van der Waals surface area contributed by atoms with Crippen LogP contribution in [0.15, 0.2) is 22.7 Å². The first-order valence-electron chi connectivity index (χ1n) is 5.99. The molecule has 1 atom stereocenters. The lowest BCUT2D eigenvalue weighted by Crippen LogP contribution is -2.50. The molecule has 1 saturated heterocycles. The minimum absolute atomic E-state index is 0.203. The summed E-state index contributed by atoms with van der Waals surface area (Å²) in [6.07, 6.45) is 0.912. The summed E-state index contributed by atoms with van der Waals surface area (Å²) in [5.41, 5.74) is 1.00. The van der Waals surface area contributed by atoms with E-state index >= 15 is 0 Å². The average molecular weight is 327 g/mol. The Labute approximate surface area is 119 Å². The predicted octanol–water partition coefficient (Wildman–Crippen LogP) is 1.35. The summed E-state index contributed by atoms with van der Waals surface area (Å²) in [4.78, 5) is 22.7. The number of carbonyl (C=O) groups excluding carboxylic acids is 2. The molecule has 0 spiro atoms.